The van der Waals surface area contributed by atoms with Gasteiger partial charge >= 0.3 is 0 Å². The molecule has 0 aliphatic carbocycles. The standard InChI is InChI=1S/C8H17NOS/c1-6(3-7(2)10)9-8-4-11-5-8/h6-10H,3-5H2,1-2H3. The van der Waals surface area contributed by atoms with Crippen LogP contribution >= 0.6 is 11.8 Å². The zero-order chi connectivity index (χ0) is 8.27. The molecule has 3 heteroatoms. The Labute approximate surface area is 72.8 Å². The zero-order valence-electron chi connectivity index (χ0n) is 7.21. The smallest absolute Gasteiger partial charge is 0.0526 e. The monoisotopic (exact) mass is 175 g/mol. The van der Waals surface area contributed by atoms with Gasteiger partial charge < -0.3 is 10.4 Å². The summed E-state index contributed by atoms with van der Waals surface area (Å²) in [6.07, 6.45) is 0.687. The number of hydrogen-bond donors (Lipinski definition) is 2. The van der Waals surface area contributed by atoms with E-state index in [9.17, 15) is 0 Å². The van der Waals surface area contributed by atoms with Crippen LogP contribution in [0.5, 0.6) is 0 Å². The molecule has 2 nitrogen and oxygen atoms in total. The molecule has 2 atom stereocenters. The average Bonchev–Trinajstić information content (AvgIpc) is 1.77. The van der Waals surface area contributed by atoms with Crippen molar-refractivity contribution in [1.29, 1.82) is 0 Å². The van der Waals surface area contributed by atoms with E-state index in [1.165, 1.54) is 11.5 Å². The second kappa shape index (κ2) is 4.33. The Morgan fingerprint density at radius 1 is 1.55 bits per heavy atom. The van der Waals surface area contributed by atoms with Crippen molar-refractivity contribution in [3.63, 3.8) is 0 Å². The van der Waals surface area contributed by atoms with Crippen molar-refractivity contribution in [3.05, 3.63) is 0 Å². The van der Waals surface area contributed by atoms with Crippen molar-refractivity contribution in [2.75, 3.05) is 11.5 Å². The van der Waals surface area contributed by atoms with Gasteiger partial charge in [0.2, 0.25) is 0 Å². The number of hydrogen-bond acceptors (Lipinski definition) is 3. The summed E-state index contributed by atoms with van der Waals surface area (Å²) >= 11 is 1.98. The molecule has 0 saturated carbocycles. The highest BCUT2D eigenvalue weighted by atomic mass is 32.2. The van der Waals surface area contributed by atoms with Crippen LogP contribution in [0.4, 0.5) is 0 Å². The van der Waals surface area contributed by atoms with Gasteiger partial charge in [-0.2, -0.15) is 11.8 Å². The fourth-order valence-electron chi connectivity index (χ4n) is 1.31. The van der Waals surface area contributed by atoms with Crippen molar-refractivity contribution >= 4 is 11.8 Å². The van der Waals surface area contributed by atoms with Crippen LogP contribution in [-0.2, 0) is 0 Å². The van der Waals surface area contributed by atoms with Crippen molar-refractivity contribution in [2.24, 2.45) is 0 Å². The third-order valence-electron chi connectivity index (χ3n) is 1.85. The molecule has 66 valence electrons. The summed E-state index contributed by atoms with van der Waals surface area (Å²) in [5, 5.41) is 12.5. The molecule has 1 saturated heterocycles. The first-order valence-electron chi connectivity index (χ1n) is 4.20. The lowest BCUT2D eigenvalue weighted by Gasteiger charge is -2.29. The molecule has 1 fully saturated rings. The molecule has 1 aliphatic heterocycles. The first kappa shape index (κ1) is 9.36. The first-order chi connectivity index (χ1) is 5.18. The number of aliphatic hydroxyl groups excluding tert-OH is 1. The van der Waals surface area contributed by atoms with E-state index in [4.69, 9.17) is 5.11 Å². The van der Waals surface area contributed by atoms with Gasteiger partial charge in [0.25, 0.3) is 0 Å². The van der Waals surface area contributed by atoms with Crippen LogP contribution in [0.25, 0.3) is 0 Å². The minimum Gasteiger partial charge on any atom is -0.393 e. The fourth-order valence-corrected chi connectivity index (χ4v) is 1.98. The van der Waals surface area contributed by atoms with Crippen molar-refractivity contribution in [1.82, 2.24) is 5.32 Å². The first-order valence-corrected chi connectivity index (χ1v) is 5.36. The van der Waals surface area contributed by atoms with E-state index in [1.807, 2.05) is 18.7 Å². The highest BCUT2D eigenvalue weighted by Crippen LogP contribution is 2.18. The molecule has 0 bridgehead atoms. The van der Waals surface area contributed by atoms with Crippen LogP contribution in [0, 0.1) is 0 Å². The van der Waals surface area contributed by atoms with E-state index in [0.717, 1.165) is 6.42 Å². The molecule has 0 aromatic rings. The number of thioether (sulfide) groups is 1. The lowest BCUT2D eigenvalue weighted by Crippen LogP contribution is -2.45. The van der Waals surface area contributed by atoms with E-state index in [2.05, 4.69) is 12.2 Å². The molecule has 0 aromatic heterocycles. The minimum atomic E-state index is -0.176. The fraction of sp³-hybridized carbons (Fsp3) is 1.00. The third kappa shape index (κ3) is 3.45. The molecule has 0 aromatic carbocycles. The summed E-state index contributed by atoms with van der Waals surface area (Å²) in [7, 11) is 0. The molecule has 0 spiro atoms. The Morgan fingerprint density at radius 2 is 2.18 bits per heavy atom. The van der Waals surface area contributed by atoms with Crippen LogP contribution in [0.15, 0.2) is 0 Å². The molecule has 0 amide bonds. The van der Waals surface area contributed by atoms with Crippen LogP contribution in [-0.4, -0.2) is 34.8 Å². The molecule has 0 radical (unpaired) electrons. The Kier molecular flexibility index (Phi) is 3.69. The Balaban J connectivity index is 2.04. The molecule has 2 N–H and O–H groups in total. The van der Waals surface area contributed by atoms with Crippen molar-refractivity contribution in [3.8, 4) is 0 Å². The van der Waals surface area contributed by atoms with Gasteiger partial charge in [-0.05, 0) is 20.3 Å². The van der Waals surface area contributed by atoms with E-state index in [-0.39, 0.29) is 6.10 Å². The van der Waals surface area contributed by atoms with Crippen LogP contribution in [0.1, 0.15) is 20.3 Å². The SMILES string of the molecule is CC(O)CC(C)NC1CSC1. The van der Waals surface area contributed by atoms with Crippen LogP contribution < -0.4 is 5.32 Å². The topological polar surface area (TPSA) is 32.3 Å². The third-order valence-corrected chi connectivity index (χ3v) is 3.13. The summed E-state index contributed by atoms with van der Waals surface area (Å²) in [6, 6.07) is 1.16. The molecule has 1 heterocycles. The van der Waals surface area contributed by atoms with Crippen molar-refractivity contribution < 1.29 is 5.11 Å². The van der Waals surface area contributed by atoms with Gasteiger partial charge in [-0.1, -0.05) is 0 Å². The maximum atomic E-state index is 9.08. The van der Waals surface area contributed by atoms with E-state index >= 15 is 0 Å². The summed E-state index contributed by atoms with van der Waals surface area (Å²) in [4.78, 5) is 0. The maximum Gasteiger partial charge on any atom is 0.0526 e. The lowest BCUT2D eigenvalue weighted by atomic mass is 10.1. The zero-order valence-corrected chi connectivity index (χ0v) is 8.03. The summed E-state index contributed by atoms with van der Waals surface area (Å²) in [6.45, 7) is 3.98. The van der Waals surface area contributed by atoms with Crippen molar-refractivity contribution in [2.45, 2.75) is 38.5 Å². The largest absolute Gasteiger partial charge is 0.393 e. The highest BCUT2D eigenvalue weighted by molar-refractivity contribution is 8.00. The normalized spacial score (nSPS) is 24.3. The van der Waals surface area contributed by atoms with E-state index < -0.39 is 0 Å². The molecule has 11 heavy (non-hydrogen) atoms. The Morgan fingerprint density at radius 3 is 2.55 bits per heavy atom. The maximum absolute atomic E-state index is 9.08. The minimum absolute atomic E-state index is 0.176. The van der Waals surface area contributed by atoms with Crippen LogP contribution in [0.2, 0.25) is 0 Å². The number of nitrogens with one attached hydrogen (secondary N) is 1. The van der Waals surface area contributed by atoms with Gasteiger partial charge in [-0.3, -0.25) is 0 Å². The summed E-state index contributed by atoms with van der Waals surface area (Å²) < 4.78 is 0. The predicted octanol–water partition coefficient (Wildman–Crippen LogP) is 0.851. The molecule has 2 unspecified atom stereocenters. The van der Waals surface area contributed by atoms with E-state index in [1.54, 1.807) is 0 Å². The van der Waals surface area contributed by atoms with Gasteiger partial charge in [-0.25, -0.2) is 0 Å². The molecule has 1 rings (SSSR count). The second-order valence-electron chi connectivity index (χ2n) is 3.39. The van der Waals surface area contributed by atoms with Crippen LogP contribution in [0.3, 0.4) is 0 Å². The molecular weight excluding hydrogens is 158 g/mol. The molecular formula is C8H17NOS. The number of rotatable bonds is 4. The predicted molar refractivity (Wildman–Crippen MR) is 50.0 cm³/mol. The molecule has 1 aliphatic rings. The van der Waals surface area contributed by atoms with Gasteiger partial charge in [0.15, 0.2) is 0 Å². The average molecular weight is 175 g/mol. The van der Waals surface area contributed by atoms with Gasteiger partial charge in [-0.15, -0.1) is 0 Å². The highest BCUT2D eigenvalue weighted by Gasteiger charge is 2.19. The Bertz CT molecular complexity index is 115. The Hall–Kier alpha value is 0.270. The quantitative estimate of drug-likeness (QED) is 0.664. The lowest BCUT2D eigenvalue weighted by molar-refractivity contribution is 0.169. The summed E-state index contributed by atoms with van der Waals surface area (Å²) in [5.74, 6) is 2.48. The summed E-state index contributed by atoms with van der Waals surface area (Å²) in [5.41, 5.74) is 0. The second-order valence-corrected chi connectivity index (χ2v) is 4.46. The van der Waals surface area contributed by atoms with Gasteiger partial charge in [0.1, 0.15) is 0 Å². The number of aliphatic hydroxyl groups is 1. The van der Waals surface area contributed by atoms with Gasteiger partial charge in [0.05, 0.1) is 6.10 Å². The van der Waals surface area contributed by atoms with Gasteiger partial charge in [0, 0.05) is 23.6 Å². The van der Waals surface area contributed by atoms with E-state index in [0.29, 0.717) is 12.1 Å².